The molecule has 112 valence electrons. The second-order valence-corrected chi connectivity index (χ2v) is 4.52. The predicted molar refractivity (Wildman–Crippen MR) is 84.0 cm³/mol. The van der Waals surface area contributed by atoms with Gasteiger partial charge in [0.1, 0.15) is 12.1 Å². The summed E-state index contributed by atoms with van der Waals surface area (Å²) in [5.74, 6) is 2.33. The van der Waals surface area contributed by atoms with Crippen molar-refractivity contribution in [3.63, 3.8) is 0 Å². The number of nitrogens with zero attached hydrogens (tertiary/aromatic N) is 2. The molecule has 0 spiro atoms. The number of hydrogen-bond donors (Lipinski definition) is 2. The fourth-order valence-corrected chi connectivity index (χ4v) is 2.02. The van der Waals surface area contributed by atoms with Crippen LogP contribution in [-0.4, -0.2) is 30.7 Å². The van der Waals surface area contributed by atoms with Gasteiger partial charge in [0.05, 0.1) is 19.2 Å². The Morgan fingerprint density at radius 1 is 1.14 bits per heavy atom. The number of ether oxygens (including phenoxy) is 2. The van der Waals surface area contributed by atoms with Gasteiger partial charge in [-0.15, -0.1) is 0 Å². The molecule has 0 aliphatic carbocycles. The van der Waals surface area contributed by atoms with Crippen LogP contribution in [-0.2, 0) is 0 Å². The van der Waals surface area contributed by atoms with E-state index in [9.17, 15) is 0 Å². The summed E-state index contributed by atoms with van der Waals surface area (Å²) >= 11 is 6.01. The van der Waals surface area contributed by atoms with Gasteiger partial charge in [-0.3, -0.25) is 0 Å². The van der Waals surface area contributed by atoms with E-state index in [-0.39, 0.29) is 0 Å². The lowest BCUT2D eigenvalue weighted by Crippen LogP contribution is -2.05. The van der Waals surface area contributed by atoms with Crippen molar-refractivity contribution in [3.05, 3.63) is 29.5 Å². The van der Waals surface area contributed by atoms with Gasteiger partial charge in [0, 0.05) is 18.3 Å². The minimum Gasteiger partial charge on any atom is -0.495 e. The molecule has 6 nitrogen and oxygen atoms in total. The summed E-state index contributed by atoms with van der Waals surface area (Å²) in [5.41, 5.74) is 0.788. The maximum atomic E-state index is 6.01. The minimum absolute atomic E-state index is 0.547. The molecule has 1 aromatic heterocycles. The highest BCUT2D eigenvalue weighted by Crippen LogP contribution is 2.33. The minimum atomic E-state index is 0.547. The maximum absolute atomic E-state index is 6.01. The number of methoxy groups -OCH3 is 2. The quantitative estimate of drug-likeness (QED) is 0.853. The van der Waals surface area contributed by atoms with Crippen molar-refractivity contribution in [2.45, 2.75) is 6.92 Å². The van der Waals surface area contributed by atoms with Gasteiger partial charge in [-0.2, -0.15) is 0 Å². The summed E-state index contributed by atoms with van der Waals surface area (Å²) in [7, 11) is 3.15. The van der Waals surface area contributed by atoms with E-state index in [1.165, 1.54) is 6.33 Å². The van der Waals surface area contributed by atoms with Crippen LogP contribution in [0.3, 0.4) is 0 Å². The van der Waals surface area contributed by atoms with Crippen LogP contribution in [0.5, 0.6) is 11.5 Å². The Kier molecular flexibility index (Phi) is 5.05. The zero-order chi connectivity index (χ0) is 15.2. The maximum Gasteiger partial charge on any atom is 0.204 e. The zero-order valence-electron chi connectivity index (χ0n) is 12.1. The van der Waals surface area contributed by atoms with E-state index in [0.29, 0.717) is 28.2 Å². The number of benzene rings is 1. The lowest BCUT2D eigenvalue weighted by Gasteiger charge is -2.14. The van der Waals surface area contributed by atoms with Crippen LogP contribution >= 0.6 is 11.6 Å². The molecule has 1 aromatic carbocycles. The van der Waals surface area contributed by atoms with Crippen LogP contribution in [0.2, 0.25) is 5.02 Å². The lowest BCUT2D eigenvalue weighted by atomic mass is 10.3. The highest BCUT2D eigenvalue weighted by molar-refractivity contribution is 6.32. The Hall–Kier alpha value is -2.21. The first-order chi connectivity index (χ1) is 10.2. The van der Waals surface area contributed by atoms with Crippen molar-refractivity contribution in [1.82, 2.24) is 9.97 Å². The van der Waals surface area contributed by atoms with Gasteiger partial charge in [-0.1, -0.05) is 11.6 Å². The number of rotatable bonds is 6. The Morgan fingerprint density at radius 3 is 2.57 bits per heavy atom. The molecular formula is C14H17ClN4O2. The van der Waals surface area contributed by atoms with Gasteiger partial charge >= 0.3 is 0 Å². The Bertz CT molecular complexity index is 622. The third-order valence-corrected chi connectivity index (χ3v) is 3.08. The van der Waals surface area contributed by atoms with Gasteiger partial charge in [0.15, 0.2) is 11.6 Å². The first-order valence-electron chi connectivity index (χ1n) is 6.43. The number of anilines is 3. The topological polar surface area (TPSA) is 68.3 Å². The summed E-state index contributed by atoms with van der Waals surface area (Å²) in [4.78, 5) is 8.36. The first-order valence-corrected chi connectivity index (χ1v) is 6.80. The van der Waals surface area contributed by atoms with Gasteiger partial charge in [-0.05, 0) is 19.1 Å². The number of aromatic nitrogens is 2. The van der Waals surface area contributed by atoms with Gasteiger partial charge < -0.3 is 20.1 Å². The van der Waals surface area contributed by atoms with Crippen molar-refractivity contribution < 1.29 is 9.47 Å². The summed E-state index contributed by atoms with van der Waals surface area (Å²) in [6.07, 6.45) is 1.47. The molecule has 0 fully saturated rings. The van der Waals surface area contributed by atoms with Gasteiger partial charge in [0.2, 0.25) is 5.75 Å². The molecule has 0 amide bonds. The molecule has 2 N–H and O–H groups in total. The normalized spacial score (nSPS) is 10.1. The van der Waals surface area contributed by atoms with Crippen LogP contribution in [0.4, 0.5) is 17.3 Å². The van der Waals surface area contributed by atoms with E-state index in [2.05, 4.69) is 20.6 Å². The SMILES string of the molecule is CCNc1ncnc(Nc2ccc(Cl)c(OC)c2)c1OC. The van der Waals surface area contributed by atoms with Gasteiger partial charge in [-0.25, -0.2) is 9.97 Å². The van der Waals surface area contributed by atoms with Crippen molar-refractivity contribution in [1.29, 1.82) is 0 Å². The van der Waals surface area contributed by atoms with E-state index >= 15 is 0 Å². The summed E-state index contributed by atoms with van der Waals surface area (Å²) in [6, 6.07) is 5.37. The molecule has 7 heteroatoms. The van der Waals surface area contributed by atoms with E-state index in [1.807, 2.05) is 13.0 Å². The molecule has 0 aliphatic rings. The average Bonchev–Trinajstić information content (AvgIpc) is 2.50. The van der Waals surface area contributed by atoms with Crippen LogP contribution in [0.15, 0.2) is 24.5 Å². The molecule has 1 heterocycles. The summed E-state index contributed by atoms with van der Waals surface area (Å²) < 4.78 is 10.6. The van der Waals surface area contributed by atoms with E-state index in [0.717, 1.165) is 12.2 Å². The van der Waals surface area contributed by atoms with Crippen molar-refractivity contribution in [2.24, 2.45) is 0 Å². The number of halogens is 1. The van der Waals surface area contributed by atoms with E-state index < -0.39 is 0 Å². The zero-order valence-corrected chi connectivity index (χ0v) is 12.9. The summed E-state index contributed by atoms with van der Waals surface area (Å²) in [5, 5.41) is 6.84. The standard InChI is InChI=1S/C14H17ClN4O2/c1-4-16-13-12(21-3)14(18-8-17-13)19-9-5-6-10(15)11(7-9)20-2/h5-8H,4H2,1-3H3,(H2,16,17,18,19). The second-order valence-electron chi connectivity index (χ2n) is 4.11. The van der Waals surface area contributed by atoms with Gasteiger partial charge in [0.25, 0.3) is 0 Å². The molecular weight excluding hydrogens is 292 g/mol. The molecule has 0 saturated heterocycles. The Balaban J connectivity index is 2.32. The molecule has 0 aliphatic heterocycles. The fraction of sp³-hybridized carbons (Fsp3) is 0.286. The molecule has 0 atom stereocenters. The van der Waals surface area contributed by atoms with Crippen molar-refractivity contribution >= 4 is 28.9 Å². The smallest absolute Gasteiger partial charge is 0.204 e. The Morgan fingerprint density at radius 2 is 1.90 bits per heavy atom. The Labute approximate surface area is 128 Å². The van der Waals surface area contributed by atoms with Crippen molar-refractivity contribution in [2.75, 3.05) is 31.4 Å². The third kappa shape index (κ3) is 3.46. The average molecular weight is 309 g/mol. The van der Waals surface area contributed by atoms with Crippen LogP contribution in [0.1, 0.15) is 6.92 Å². The number of hydrogen-bond acceptors (Lipinski definition) is 6. The third-order valence-electron chi connectivity index (χ3n) is 2.77. The second kappa shape index (κ2) is 6.99. The van der Waals surface area contributed by atoms with E-state index in [1.54, 1.807) is 26.4 Å². The highest BCUT2D eigenvalue weighted by atomic mass is 35.5. The van der Waals surface area contributed by atoms with Crippen LogP contribution in [0.25, 0.3) is 0 Å². The first kappa shape index (κ1) is 15.2. The van der Waals surface area contributed by atoms with Crippen LogP contribution < -0.4 is 20.1 Å². The summed E-state index contributed by atoms with van der Waals surface area (Å²) in [6.45, 7) is 2.72. The molecule has 0 bridgehead atoms. The molecule has 2 aromatic rings. The molecule has 21 heavy (non-hydrogen) atoms. The molecule has 2 rings (SSSR count). The molecule has 0 radical (unpaired) electrons. The monoisotopic (exact) mass is 308 g/mol. The van der Waals surface area contributed by atoms with Crippen LogP contribution in [0, 0.1) is 0 Å². The predicted octanol–water partition coefficient (Wildman–Crippen LogP) is 3.32. The number of nitrogens with one attached hydrogen (secondary N) is 2. The molecule has 0 unspecified atom stereocenters. The van der Waals surface area contributed by atoms with Crippen molar-refractivity contribution in [3.8, 4) is 11.5 Å². The largest absolute Gasteiger partial charge is 0.495 e. The fourth-order valence-electron chi connectivity index (χ4n) is 1.82. The van der Waals surface area contributed by atoms with E-state index in [4.69, 9.17) is 21.1 Å². The highest BCUT2D eigenvalue weighted by Gasteiger charge is 2.12. The lowest BCUT2D eigenvalue weighted by molar-refractivity contribution is 0.414. The molecule has 0 saturated carbocycles.